The van der Waals surface area contributed by atoms with Gasteiger partial charge in [-0.05, 0) is 11.1 Å². The molecule has 0 fully saturated rings. The summed E-state index contributed by atoms with van der Waals surface area (Å²) in [6.45, 7) is 0. The number of benzene rings is 1. The van der Waals surface area contributed by atoms with Gasteiger partial charge in [-0.25, -0.2) is 0 Å². The van der Waals surface area contributed by atoms with Crippen LogP contribution in [-0.2, 0) is 9.59 Å². The molecular formula is C18H18F6N2O4. The van der Waals surface area contributed by atoms with Gasteiger partial charge in [0.1, 0.15) is 0 Å². The molecule has 0 aliphatic rings. The fourth-order valence-corrected chi connectivity index (χ4v) is 2.24. The number of allylic oxidation sites excluding steroid dienone is 2. The fraction of sp³-hybridized carbons (Fsp3) is 0.333. The van der Waals surface area contributed by atoms with Crippen LogP contribution in [0.15, 0.2) is 47.8 Å². The van der Waals surface area contributed by atoms with Gasteiger partial charge in [-0.1, -0.05) is 24.3 Å². The first-order chi connectivity index (χ1) is 13.6. The van der Waals surface area contributed by atoms with Crippen LogP contribution in [-0.4, -0.2) is 34.1 Å². The molecule has 2 atom stereocenters. The van der Waals surface area contributed by atoms with Gasteiger partial charge >= 0.3 is 12.4 Å². The van der Waals surface area contributed by atoms with E-state index in [0.29, 0.717) is 0 Å². The number of hydrogen-bond acceptors (Lipinski definition) is 6. The Morgan fingerprint density at radius 2 is 1.03 bits per heavy atom. The predicted molar refractivity (Wildman–Crippen MR) is 92.3 cm³/mol. The molecule has 1 rings (SSSR count). The fourth-order valence-electron chi connectivity index (χ4n) is 2.24. The second-order valence-electron chi connectivity index (χ2n) is 6.27. The SMILES string of the molecule is N/C(=C\C(=O)C(F)(F)F)CC(O)c1ccc(C(O)C/C(N)=C/C(=O)C(F)(F)F)cc1. The van der Waals surface area contributed by atoms with E-state index in [1.807, 2.05) is 0 Å². The van der Waals surface area contributed by atoms with Gasteiger partial charge in [0.15, 0.2) is 0 Å². The third kappa shape index (κ3) is 7.87. The summed E-state index contributed by atoms with van der Waals surface area (Å²) in [5.41, 5.74) is 10.0. The maximum Gasteiger partial charge on any atom is 0.454 e. The van der Waals surface area contributed by atoms with E-state index in [2.05, 4.69) is 0 Å². The molecule has 2 unspecified atom stereocenters. The molecule has 0 heterocycles. The van der Waals surface area contributed by atoms with E-state index in [1.54, 1.807) is 0 Å². The summed E-state index contributed by atoms with van der Waals surface area (Å²) in [6, 6.07) is 5.18. The lowest BCUT2D eigenvalue weighted by molar-refractivity contribution is -0.165. The van der Waals surface area contributed by atoms with Gasteiger partial charge in [-0.15, -0.1) is 0 Å². The smallest absolute Gasteiger partial charge is 0.402 e. The molecule has 12 heteroatoms. The van der Waals surface area contributed by atoms with E-state index in [-0.39, 0.29) is 23.3 Å². The number of carbonyl (C=O) groups excluding carboxylic acids is 2. The van der Waals surface area contributed by atoms with Crippen molar-refractivity contribution in [2.45, 2.75) is 37.4 Å². The average Bonchev–Trinajstić information content (AvgIpc) is 2.59. The zero-order valence-electron chi connectivity index (χ0n) is 15.2. The van der Waals surface area contributed by atoms with E-state index >= 15 is 0 Å². The lowest BCUT2D eigenvalue weighted by atomic mass is 9.99. The molecule has 0 radical (unpaired) electrons. The molecule has 0 spiro atoms. The third-order valence-electron chi connectivity index (χ3n) is 3.76. The van der Waals surface area contributed by atoms with Crippen molar-refractivity contribution in [1.82, 2.24) is 0 Å². The molecule has 0 bridgehead atoms. The van der Waals surface area contributed by atoms with Crippen LogP contribution in [0.5, 0.6) is 0 Å². The highest BCUT2D eigenvalue weighted by atomic mass is 19.4. The van der Waals surface area contributed by atoms with Crippen LogP contribution >= 0.6 is 0 Å². The maximum atomic E-state index is 12.2. The minimum atomic E-state index is -5.09. The standard InChI is InChI=1S/C18H18F6N2O4/c19-17(20,21)15(29)7-11(25)5-13(27)9-1-2-10(4-3-9)14(28)6-12(26)8-16(30)18(22,23)24/h1-4,7-8,13-14,27-28H,5-6,25-26H2/b11-7-,12-8-. The number of alkyl halides is 6. The summed E-state index contributed by atoms with van der Waals surface area (Å²) >= 11 is 0. The quantitative estimate of drug-likeness (QED) is 0.364. The van der Waals surface area contributed by atoms with E-state index in [9.17, 15) is 46.1 Å². The highest BCUT2D eigenvalue weighted by molar-refractivity contribution is 5.95. The third-order valence-corrected chi connectivity index (χ3v) is 3.76. The van der Waals surface area contributed by atoms with Crippen molar-refractivity contribution in [3.8, 4) is 0 Å². The summed E-state index contributed by atoms with van der Waals surface area (Å²) in [5.74, 6) is -4.33. The van der Waals surface area contributed by atoms with Crippen LogP contribution in [0, 0.1) is 0 Å². The Labute approximate surface area is 166 Å². The van der Waals surface area contributed by atoms with E-state index in [0.717, 1.165) is 0 Å². The lowest BCUT2D eigenvalue weighted by Gasteiger charge is -2.15. The molecule has 0 aliphatic heterocycles. The van der Waals surface area contributed by atoms with Gasteiger partial charge < -0.3 is 21.7 Å². The number of nitrogens with two attached hydrogens (primary N) is 2. The zero-order chi connectivity index (χ0) is 23.3. The normalized spacial score (nSPS) is 15.6. The highest BCUT2D eigenvalue weighted by Crippen LogP contribution is 2.25. The van der Waals surface area contributed by atoms with E-state index in [1.165, 1.54) is 24.3 Å². The molecule has 166 valence electrons. The zero-order valence-corrected chi connectivity index (χ0v) is 15.2. The number of carbonyl (C=O) groups is 2. The summed E-state index contributed by atoms with van der Waals surface area (Å²) in [5, 5.41) is 20.0. The van der Waals surface area contributed by atoms with Crippen molar-refractivity contribution < 1.29 is 46.1 Å². The molecule has 0 amide bonds. The van der Waals surface area contributed by atoms with Crippen molar-refractivity contribution in [2.24, 2.45) is 11.5 Å². The topological polar surface area (TPSA) is 127 Å². The van der Waals surface area contributed by atoms with Gasteiger partial charge in [0.25, 0.3) is 11.6 Å². The number of halogens is 6. The van der Waals surface area contributed by atoms with E-state index < -0.39 is 60.4 Å². The minimum absolute atomic E-state index is 0.165. The monoisotopic (exact) mass is 440 g/mol. The second-order valence-corrected chi connectivity index (χ2v) is 6.27. The van der Waals surface area contributed by atoms with Gasteiger partial charge in [-0.2, -0.15) is 26.3 Å². The molecule has 0 saturated heterocycles. The molecule has 0 aliphatic carbocycles. The Hall–Kier alpha value is -2.86. The summed E-state index contributed by atoms with van der Waals surface area (Å²) < 4.78 is 73.1. The highest BCUT2D eigenvalue weighted by Gasteiger charge is 2.37. The van der Waals surface area contributed by atoms with Gasteiger partial charge in [-0.3, -0.25) is 9.59 Å². The van der Waals surface area contributed by atoms with Crippen LogP contribution < -0.4 is 11.5 Å². The molecule has 6 N–H and O–H groups in total. The number of ketones is 2. The molecule has 0 saturated carbocycles. The van der Waals surface area contributed by atoms with Crippen LogP contribution in [0.3, 0.4) is 0 Å². The van der Waals surface area contributed by atoms with Crippen molar-refractivity contribution in [1.29, 1.82) is 0 Å². The van der Waals surface area contributed by atoms with Gasteiger partial charge in [0.05, 0.1) is 12.2 Å². The van der Waals surface area contributed by atoms with Crippen molar-refractivity contribution >= 4 is 11.6 Å². The van der Waals surface area contributed by atoms with Crippen molar-refractivity contribution in [2.75, 3.05) is 0 Å². The van der Waals surface area contributed by atoms with Gasteiger partial charge in [0, 0.05) is 36.4 Å². The largest absolute Gasteiger partial charge is 0.454 e. The van der Waals surface area contributed by atoms with E-state index in [4.69, 9.17) is 11.5 Å². The Kier molecular flexibility index (Phi) is 8.19. The Morgan fingerprint density at radius 3 is 1.27 bits per heavy atom. The minimum Gasteiger partial charge on any atom is -0.402 e. The molecule has 30 heavy (non-hydrogen) atoms. The lowest BCUT2D eigenvalue weighted by Crippen LogP contribution is -2.22. The number of hydrogen-bond donors (Lipinski definition) is 4. The number of rotatable bonds is 8. The molecule has 0 aromatic heterocycles. The number of aliphatic hydroxyl groups is 2. The average molecular weight is 440 g/mol. The van der Waals surface area contributed by atoms with Crippen LogP contribution in [0.4, 0.5) is 26.3 Å². The summed E-state index contributed by atoms with van der Waals surface area (Å²) in [6.07, 6.45) is -13.5. The Bertz CT molecular complexity index is 760. The Morgan fingerprint density at radius 1 is 0.767 bits per heavy atom. The molecule has 6 nitrogen and oxygen atoms in total. The second kappa shape index (κ2) is 9.76. The maximum absolute atomic E-state index is 12.2. The van der Waals surface area contributed by atoms with Gasteiger partial charge in [0.2, 0.25) is 0 Å². The first kappa shape index (κ1) is 25.2. The molecule has 1 aromatic rings. The van der Waals surface area contributed by atoms with Crippen LogP contribution in [0.2, 0.25) is 0 Å². The first-order valence-corrected chi connectivity index (χ1v) is 8.21. The summed E-state index contributed by atoms with van der Waals surface area (Å²) in [7, 11) is 0. The molecule has 1 aromatic carbocycles. The van der Waals surface area contributed by atoms with Crippen LogP contribution in [0.25, 0.3) is 0 Å². The molecular weight excluding hydrogens is 422 g/mol. The van der Waals surface area contributed by atoms with Crippen molar-refractivity contribution in [3.63, 3.8) is 0 Å². The Balaban J connectivity index is 2.78. The first-order valence-electron chi connectivity index (χ1n) is 8.21. The van der Waals surface area contributed by atoms with Crippen molar-refractivity contribution in [3.05, 3.63) is 58.9 Å². The van der Waals surface area contributed by atoms with Crippen LogP contribution in [0.1, 0.15) is 36.2 Å². The predicted octanol–water partition coefficient (Wildman–Crippen LogP) is 2.48. The number of aliphatic hydroxyl groups excluding tert-OH is 2. The summed E-state index contributed by atoms with van der Waals surface area (Å²) in [4.78, 5) is 21.7.